The summed E-state index contributed by atoms with van der Waals surface area (Å²) in [5.41, 5.74) is 2.74. The number of rotatable bonds is 5. The van der Waals surface area contributed by atoms with Gasteiger partial charge in [-0.2, -0.15) is 0 Å². The molecule has 5 nitrogen and oxygen atoms in total. The van der Waals surface area contributed by atoms with Crippen molar-refractivity contribution in [2.24, 2.45) is 0 Å². The first-order valence-corrected chi connectivity index (χ1v) is 9.44. The van der Waals surface area contributed by atoms with Crippen LogP contribution in [0.25, 0.3) is 10.8 Å². The van der Waals surface area contributed by atoms with E-state index in [1.165, 1.54) is 17.2 Å². The number of carbonyl (C=O) groups is 2. The Labute approximate surface area is 166 Å². The Hall–Kier alpha value is -3.25. The maximum atomic E-state index is 12.9. The lowest BCUT2D eigenvalue weighted by Crippen LogP contribution is -2.13. The van der Waals surface area contributed by atoms with Gasteiger partial charge in [0.1, 0.15) is 5.75 Å². The predicted octanol–water partition coefficient (Wildman–Crippen LogP) is 5.10. The first-order valence-electron chi connectivity index (χ1n) is 8.56. The smallest absolute Gasteiger partial charge is 0.328 e. The van der Waals surface area contributed by atoms with Crippen LogP contribution >= 0.6 is 11.8 Å². The van der Waals surface area contributed by atoms with Crippen molar-refractivity contribution in [2.75, 3.05) is 5.32 Å². The number of phenols is 1. The third-order valence-corrected chi connectivity index (χ3v) is 5.13. The molecule has 0 atom stereocenters. The molecular weight excluding hydrogens is 374 g/mol. The van der Waals surface area contributed by atoms with Crippen LogP contribution in [0.2, 0.25) is 0 Å². The number of carbonyl (C=O) groups excluding carboxylic acids is 1. The Kier molecular flexibility index (Phi) is 5.70. The summed E-state index contributed by atoms with van der Waals surface area (Å²) in [5.74, 6) is -1.59. The third-order valence-electron chi connectivity index (χ3n) is 4.27. The Balaban J connectivity index is 2.04. The van der Waals surface area contributed by atoms with Gasteiger partial charge in [-0.3, -0.25) is 4.79 Å². The van der Waals surface area contributed by atoms with Crippen LogP contribution in [0.4, 0.5) is 5.69 Å². The van der Waals surface area contributed by atoms with Gasteiger partial charge in [0.05, 0.1) is 5.56 Å². The molecule has 3 N–H and O–H groups in total. The number of carboxylic acid groups (broad SMARTS) is 1. The van der Waals surface area contributed by atoms with Gasteiger partial charge in [-0.15, -0.1) is 0 Å². The first-order chi connectivity index (χ1) is 13.4. The Morgan fingerprint density at radius 1 is 1.04 bits per heavy atom. The summed E-state index contributed by atoms with van der Waals surface area (Å²) >= 11 is 1.18. The Morgan fingerprint density at radius 3 is 2.46 bits per heavy atom. The van der Waals surface area contributed by atoms with E-state index >= 15 is 0 Å². The summed E-state index contributed by atoms with van der Waals surface area (Å²) in [6, 6.07) is 14.5. The lowest BCUT2D eigenvalue weighted by atomic mass is 10.0. The van der Waals surface area contributed by atoms with Crippen molar-refractivity contribution < 1.29 is 19.8 Å². The van der Waals surface area contributed by atoms with Crippen LogP contribution in [0.15, 0.2) is 64.9 Å². The number of aromatic hydroxyl groups is 1. The number of thioether (sulfide) groups is 1. The Morgan fingerprint density at radius 2 is 1.75 bits per heavy atom. The molecule has 0 radical (unpaired) electrons. The fourth-order valence-electron chi connectivity index (χ4n) is 2.82. The van der Waals surface area contributed by atoms with Gasteiger partial charge in [-0.05, 0) is 47.9 Å². The molecular formula is C22H19NO4S. The van der Waals surface area contributed by atoms with Crippen molar-refractivity contribution in [1.82, 2.24) is 0 Å². The van der Waals surface area contributed by atoms with E-state index in [1.807, 2.05) is 44.2 Å². The Bertz CT molecular complexity index is 1110. The summed E-state index contributed by atoms with van der Waals surface area (Å²) in [4.78, 5) is 24.3. The van der Waals surface area contributed by atoms with Crippen LogP contribution < -0.4 is 5.32 Å². The van der Waals surface area contributed by atoms with E-state index in [1.54, 1.807) is 18.2 Å². The van der Waals surface area contributed by atoms with Gasteiger partial charge >= 0.3 is 5.97 Å². The van der Waals surface area contributed by atoms with Crippen LogP contribution in [0, 0.1) is 13.8 Å². The molecule has 28 heavy (non-hydrogen) atoms. The maximum absolute atomic E-state index is 12.9. The van der Waals surface area contributed by atoms with E-state index in [-0.39, 0.29) is 11.3 Å². The van der Waals surface area contributed by atoms with Crippen molar-refractivity contribution in [3.8, 4) is 5.75 Å². The zero-order valence-electron chi connectivity index (χ0n) is 15.4. The number of benzene rings is 3. The lowest BCUT2D eigenvalue weighted by molar-refractivity contribution is -0.131. The standard InChI is InChI=1S/C22H19NO4S/c1-13-7-8-14(2)18(11-13)23-22(27)17-12-19(28-10-9-20(24)25)15-5-3-4-6-16(15)21(17)26/h3-12,26H,1-2H3,(H,23,27)(H,24,25)/b10-9+. The molecule has 0 saturated carbocycles. The van der Waals surface area contributed by atoms with Crippen molar-refractivity contribution in [3.63, 3.8) is 0 Å². The van der Waals surface area contributed by atoms with E-state index in [4.69, 9.17) is 5.11 Å². The van der Waals surface area contributed by atoms with E-state index in [0.29, 0.717) is 16.0 Å². The van der Waals surface area contributed by atoms with Gasteiger partial charge in [0.25, 0.3) is 5.91 Å². The summed E-state index contributed by atoms with van der Waals surface area (Å²) < 4.78 is 0. The zero-order valence-corrected chi connectivity index (χ0v) is 16.2. The highest BCUT2D eigenvalue weighted by Crippen LogP contribution is 2.37. The molecule has 3 aromatic rings. The molecule has 0 heterocycles. The van der Waals surface area contributed by atoms with Crippen LogP contribution in [0.5, 0.6) is 5.75 Å². The average Bonchev–Trinajstić information content (AvgIpc) is 2.66. The highest BCUT2D eigenvalue weighted by Gasteiger charge is 2.18. The molecule has 142 valence electrons. The monoisotopic (exact) mass is 393 g/mol. The van der Waals surface area contributed by atoms with E-state index in [0.717, 1.165) is 22.6 Å². The second-order valence-electron chi connectivity index (χ2n) is 6.35. The number of hydrogen-bond acceptors (Lipinski definition) is 4. The fourth-order valence-corrected chi connectivity index (χ4v) is 3.64. The molecule has 0 aliphatic carbocycles. The summed E-state index contributed by atoms with van der Waals surface area (Å²) in [6.45, 7) is 3.83. The minimum Gasteiger partial charge on any atom is -0.506 e. The van der Waals surface area contributed by atoms with Gasteiger partial charge in [0.2, 0.25) is 0 Å². The number of carboxylic acids is 1. The molecule has 0 aliphatic heterocycles. The highest BCUT2D eigenvalue weighted by atomic mass is 32.2. The predicted molar refractivity (Wildman–Crippen MR) is 112 cm³/mol. The van der Waals surface area contributed by atoms with Gasteiger partial charge in [0, 0.05) is 22.0 Å². The van der Waals surface area contributed by atoms with E-state index < -0.39 is 11.9 Å². The van der Waals surface area contributed by atoms with Crippen molar-refractivity contribution in [2.45, 2.75) is 18.7 Å². The molecule has 1 amide bonds. The topological polar surface area (TPSA) is 86.6 Å². The van der Waals surface area contributed by atoms with Gasteiger partial charge in [-0.25, -0.2) is 4.79 Å². The summed E-state index contributed by atoms with van der Waals surface area (Å²) in [7, 11) is 0. The second kappa shape index (κ2) is 8.19. The molecule has 0 saturated heterocycles. The third kappa shape index (κ3) is 4.18. The number of aliphatic carboxylic acids is 1. The molecule has 3 rings (SSSR count). The van der Waals surface area contributed by atoms with Gasteiger partial charge in [-0.1, -0.05) is 48.2 Å². The number of hydrogen-bond donors (Lipinski definition) is 3. The second-order valence-corrected chi connectivity index (χ2v) is 7.30. The minimum absolute atomic E-state index is 0.107. The number of nitrogens with one attached hydrogen (secondary N) is 1. The highest BCUT2D eigenvalue weighted by molar-refractivity contribution is 8.02. The number of fused-ring (bicyclic) bond motifs is 1. The maximum Gasteiger partial charge on any atom is 0.328 e. The quantitative estimate of drug-likeness (QED) is 0.414. The van der Waals surface area contributed by atoms with Crippen molar-refractivity contribution >= 4 is 40.1 Å². The molecule has 6 heteroatoms. The van der Waals surface area contributed by atoms with Crippen molar-refractivity contribution in [1.29, 1.82) is 0 Å². The number of amides is 1. The molecule has 0 bridgehead atoms. The van der Waals surface area contributed by atoms with Crippen LogP contribution in [0.1, 0.15) is 21.5 Å². The zero-order chi connectivity index (χ0) is 20.3. The minimum atomic E-state index is -1.05. The van der Waals surface area contributed by atoms with E-state index in [9.17, 15) is 14.7 Å². The van der Waals surface area contributed by atoms with Crippen LogP contribution in [-0.2, 0) is 4.79 Å². The summed E-state index contributed by atoms with van der Waals surface area (Å²) in [6.07, 6.45) is 1.03. The number of phenolic OH excluding ortho intramolecular Hbond substituents is 1. The van der Waals surface area contributed by atoms with Gasteiger partial charge in [0.15, 0.2) is 0 Å². The lowest BCUT2D eigenvalue weighted by Gasteiger charge is -2.13. The summed E-state index contributed by atoms with van der Waals surface area (Å²) in [5, 5.41) is 25.0. The van der Waals surface area contributed by atoms with E-state index in [2.05, 4.69) is 5.32 Å². The first kappa shape index (κ1) is 19.5. The number of aryl methyl sites for hydroxylation is 2. The number of anilines is 1. The van der Waals surface area contributed by atoms with Gasteiger partial charge < -0.3 is 15.5 Å². The molecule has 0 aliphatic rings. The van der Waals surface area contributed by atoms with Crippen molar-refractivity contribution in [3.05, 3.63) is 76.7 Å². The fraction of sp³-hybridized carbons (Fsp3) is 0.0909. The molecule has 0 fully saturated rings. The van der Waals surface area contributed by atoms with Crippen LogP contribution in [0.3, 0.4) is 0 Å². The largest absolute Gasteiger partial charge is 0.506 e. The SMILES string of the molecule is Cc1ccc(C)c(NC(=O)c2cc(S/C=C/C(=O)O)c3ccccc3c2O)c1. The molecule has 3 aromatic carbocycles. The molecule has 0 spiro atoms. The average molecular weight is 393 g/mol. The van der Waals surface area contributed by atoms with Crippen LogP contribution in [-0.4, -0.2) is 22.1 Å². The normalized spacial score (nSPS) is 11.1. The molecule has 0 unspecified atom stereocenters. The molecule has 0 aromatic heterocycles.